The standard InChI is InChI=1S/C8H13NO3/c1-5(12-6(2)10)7-3-4-8(11)9-7/h5,7H,3-4H2,1-2H3,(H,9,11)/t5-,7-/m0/s1. The number of carbonyl (C=O) groups excluding carboxylic acids is 2. The zero-order valence-corrected chi connectivity index (χ0v) is 7.29. The van der Waals surface area contributed by atoms with E-state index in [1.807, 2.05) is 0 Å². The van der Waals surface area contributed by atoms with Gasteiger partial charge in [0.05, 0.1) is 6.04 Å². The van der Waals surface area contributed by atoms with Crippen molar-refractivity contribution in [1.82, 2.24) is 5.32 Å². The van der Waals surface area contributed by atoms with Gasteiger partial charge in [0.1, 0.15) is 6.10 Å². The van der Waals surface area contributed by atoms with E-state index < -0.39 is 0 Å². The summed E-state index contributed by atoms with van der Waals surface area (Å²) in [5.74, 6) is -0.261. The SMILES string of the molecule is CC(=O)O[C@@H](C)[C@@H]1CCC(=O)N1. The molecule has 1 amide bonds. The van der Waals surface area contributed by atoms with Crippen LogP contribution >= 0.6 is 0 Å². The number of nitrogens with one attached hydrogen (secondary N) is 1. The Bertz CT molecular complexity index is 202. The van der Waals surface area contributed by atoms with Crippen molar-refractivity contribution >= 4 is 11.9 Å². The lowest BCUT2D eigenvalue weighted by molar-refractivity contribution is -0.147. The van der Waals surface area contributed by atoms with E-state index in [9.17, 15) is 9.59 Å². The van der Waals surface area contributed by atoms with E-state index in [0.29, 0.717) is 6.42 Å². The Hall–Kier alpha value is -1.06. The average Bonchev–Trinajstić information content (AvgIpc) is 2.34. The van der Waals surface area contributed by atoms with Gasteiger partial charge >= 0.3 is 5.97 Å². The van der Waals surface area contributed by atoms with Gasteiger partial charge in [-0.1, -0.05) is 0 Å². The minimum Gasteiger partial charge on any atom is -0.461 e. The highest BCUT2D eigenvalue weighted by Gasteiger charge is 2.27. The van der Waals surface area contributed by atoms with E-state index in [0.717, 1.165) is 6.42 Å². The molecule has 1 aliphatic rings. The fourth-order valence-electron chi connectivity index (χ4n) is 1.33. The summed E-state index contributed by atoms with van der Waals surface area (Å²) in [7, 11) is 0. The number of esters is 1. The molecule has 0 aromatic carbocycles. The third kappa shape index (κ3) is 2.22. The van der Waals surface area contributed by atoms with Crippen LogP contribution in [0.25, 0.3) is 0 Å². The van der Waals surface area contributed by atoms with Crippen LogP contribution < -0.4 is 5.32 Å². The third-order valence-electron chi connectivity index (χ3n) is 1.95. The summed E-state index contributed by atoms with van der Waals surface area (Å²) in [5, 5.41) is 2.74. The predicted molar refractivity (Wildman–Crippen MR) is 42.4 cm³/mol. The average molecular weight is 171 g/mol. The molecule has 68 valence electrons. The van der Waals surface area contributed by atoms with Crippen molar-refractivity contribution in [3.05, 3.63) is 0 Å². The highest BCUT2D eigenvalue weighted by atomic mass is 16.5. The van der Waals surface area contributed by atoms with Crippen LogP contribution in [0.15, 0.2) is 0 Å². The molecule has 0 spiro atoms. The molecule has 0 unspecified atom stereocenters. The summed E-state index contributed by atoms with van der Waals surface area (Å²) in [6, 6.07) is 0.00130. The second kappa shape index (κ2) is 3.56. The Labute approximate surface area is 71.3 Å². The maximum absolute atomic E-state index is 10.8. The van der Waals surface area contributed by atoms with Gasteiger partial charge in [-0.2, -0.15) is 0 Å². The van der Waals surface area contributed by atoms with Gasteiger partial charge in [0.25, 0.3) is 0 Å². The molecular weight excluding hydrogens is 158 g/mol. The second-order valence-electron chi connectivity index (χ2n) is 3.03. The van der Waals surface area contributed by atoms with Gasteiger partial charge in [0.2, 0.25) is 5.91 Å². The van der Waals surface area contributed by atoms with Gasteiger partial charge in [-0.15, -0.1) is 0 Å². The van der Waals surface area contributed by atoms with Crippen molar-refractivity contribution in [3.63, 3.8) is 0 Å². The number of amides is 1. The Morgan fingerprint density at radius 2 is 2.42 bits per heavy atom. The zero-order chi connectivity index (χ0) is 9.14. The van der Waals surface area contributed by atoms with Crippen molar-refractivity contribution in [3.8, 4) is 0 Å². The normalized spacial score (nSPS) is 24.8. The molecule has 1 rings (SSSR count). The predicted octanol–water partition coefficient (Wildman–Crippen LogP) is 0.217. The second-order valence-corrected chi connectivity index (χ2v) is 3.03. The molecule has 0 radical (unpaired) electrons. The van der Waals surface area contributed by atoms with E-state index in [1.165, 1.54) is 6.92 Å². The van der Waals surface area contributed by atoms with E-state index in [1.54, 1.807) is 6.92 Å². The first-order valence-electron chi connectivity index (χ1n) is 4.06. The van der Waals surface area contributed by atoms with Gasteiger partial charge in [-0.3, -0.25) is 9.59 Å². The fraction of sp³-hybridized carbons (Fsp3) is 0.750. The first-order chi connectivity index (χ1) is 5.59. The molecule has 0 aromatic heterocycles. The largest absolute Gasteiger partial charge is 0.461 e. The van der Waals surface area contributed by atoms with Gasteiger partial charge in [-0.25, -0.2) is 0 Å². The smallest absolute Gasteiger partial charge is 0.302 e. The van der Waals surface area contributed by atoms with Gasteiger partial charge in [0, 0.05) is 13.3 Å². The molecule has 1 saturated heterocycles. The summed E-state index contributed by atoms with van der Waals surface area (Å²) < 4.78 is 4.93. The Kier molecular flexibility index (Phi) is 2.68. The molecule has 1 heterocycles. The summed E-state index contributed by atoms with van der Waals surface area (Å²) >= 11 is 0. The first kappa shape index (κ1) is 9.03. The molecule has 1 N–H and O–H groups in total. The highest BCUT2D eigenvalue weighted by Crippen LogP contribution is 2.12. The molecule has 0 bridgehead atoms. The molecule has 0 aromatic rings. The first-order valence-corrected chi connectivity index (χ1v) is 4.06. The summed E-state index contributed by atoms with van der Waals surface area (Å²) in [5.41, 5.74) is 0. The molecule has 0 aliphatic carbocycles. The van der Waals surface area contributed by atoms with Crippen LogP contribution in [0.2, 0.25) is 0 Å². The van der Waals surface area contributed by atoms with Crippen LogP contribution in [0.4, 0.5) is 0 Å². The Morgan fingerprint density at radius 3 is 2.83 bits per heavy atom. The van der Waals surface area contributed by atoms with Crippen molar-refractivity contribution in [2.24, 2.45) is 0 Å². The molecule has 1 fully saturated rings. The number of hydrogen-bond acceptors (Lipinski definition) is 3. The fourth-order valence-corrected chi connectivity index (χ4v) is 1.33. The number of hydrogen-bond donors (Lipinski definition) is 1. The molecular formula is C8H13NO3. The van der Waals surface area contributed by atoms with Crippen molar-refractivity contribution in [2.45, 2.75) is 38.8 Å². The Balaban J connectivity index is 2.37. The lowest BCUT2D eigenvalue weighted by atomic mass is 10.1. The van der Waals surface area contributed by atoms with Crippen LogP contribution in [0.3, 0.4) is 0 Å². The van der Waals surface area contributed by atoms with E-state index >= 15 is 0 Å². The minimum atomic E-state index is -0.302. The summed E-state index contributed by atoms with van der Waals surface area (Å²) in [6.07, 6.45) is 1.08. The van der Waals surface area contributed by atoms with Crippen LogP contribution in [0, 0.1) is 0 Å². The minimum absolute atomic E-state index is 0.00130. The molecule has 1 aliphatic heterocycles. The summed E-state index contributed by atoms with van der Waals surface area (Å²) in [6.45, 7) is 3.16. The van der Waals surface area contributed by atoms with Gasteiger partial charge < -0.3 is 10.1 Å². The van der Waals surface area contributed by atoms with Crippen LogP contribution in [0.1, 0.15) is 26.7 Å². The van der Waals surface area contributed by atoms with Crippen molar-refractivity contribution < 1.29 is 14.3 Å². The maximum Gasteiger partial charge on any atom is 0.302 e. The van der Waals surface area contributed by atoms with Crippen LogP contribution in [-0.4, -0.2) is 24.0 Å². The molecule has 4 heteroatoms. The molecule has 4 nitrogen and oxygen atoms in total. The van der Waals surface area contributed by atoms with E-state index in [2.05, 4.69) is 5.32 Å². The Morgan fingerprint density at radius 1 is 1.75 bits per heavy atom. The quantitative estimate of drug-likeness (QED) is 0.604. The number of carbonyl (C=O) groups is 2. The molecule has 2 atom stereocenters. The zero-order valence-electron chi connectivity index (χ0n) is 7.29. The lowest BCUT2D eigenvalue weighted by Crippen LogP contribution is -2.37. The molecule has 0 saturated carbocycles. The van der Waals surface area contributed by atoms with E-state index in [4.69, 9.17) is 4.74 Å². The number of ether oxygens (including phenoxy) is 1. The highest BCUT2D eigenvalue weighted by molar-refractivity contribution is 5.78. The van der Waals surface area contributed by atoms with Crippen molar-refractivity contribution in [2.75, 3.05) is 0 Å². The van der Waals surface area contributed by atoms with E-state index in [-0.39, 0.29) is 24.0 Å². The lowest BCUT2D eigenvalue weighted by Gasteiger charge is -2.18. The van der Waals surface area contributed by atoms with Crippen molar-refractivity contribution in [1.29, 1.82) is 0 Å². The monoisotopic (exact) mass is 171 g/mol. The third-order valence-corrected chi connectivity index (χ3v) is 1.95. The number of rotatable bonds is 2. The van der Waals surface area contributed by atoms with Gasteiger partial charge in [-0.05, 0) is 13.3 Å². The van der Waals surface area contributed by atoms with Crippen LogP contribution in [-0.2, 0) is 14.3 Å². The maximum atomic E-state index is 10.8. The topological polar surface area (TPSA) is 55.4 Å². The summed E-state index contributed by atoms with van der Waals surface area (Å²) in [4.78, 5) is 21.3. The van der Waals surface area contributed by atoms with Crippen LogP contribution in [0.5, 0.6) is 0 Å². The van der Waals surface area contributed by atoms with Gasteiger partial charge in [0.15, 0.2) is 0 Å². The molecule has 12 heavy (non-hydrogen) atoms.